The van der Waals surface area contributed by atoms with E-state index in [1.54, 1.807) is 6.08 Å². The van der Waals surface area contributed by atoms with Gasteiger partial charge in [0.2, 0.25) is 0 Å². The van der Waals surface area contributed by atoms with E-state index in [9.17, 15) is 0 Å². The van der Waals surface area contributed by atoms with Gasteiger partial charge in [0.1, 0.15) is 0 Å². The Morgan fingerprint density at radius 1 is 1.24 bits per heavy atom. The number of nitriles is 1. The van der Waals surface area contributed by atoms with Crippen LogP contribution < -0.4 is 0 Å². The van der Waals surface area contributed by atoms with Crippen molar-refractivity contribution in [1.29, 1.82) is 5.26 Å². The first kappa shape index (κ1) is 17.2. The molecule has 0 atom stereocenters. The van der Waals surface area contributed by atoms with Gasteiger partial charge in [0.15, 0.2) is 0 Å². The fraction of sp³-hybridized carbons (Fsp3) is 0.450. The summed E-state index contributed by atoms with van der Waals surface area (Å²) in [6, 6.07) is 2.05. The van der Waals surface area contributed by atoms with E-state index in [2.05, 4.69) is 45.1 Å². The second-order valence-corrected chi connectivity index (χ2v) is 6.61. The normalized spacial score (nSPS) is 18.1. The molecule has 0 bridgehead atoms. The minimum atomic E-state index is 0.114. The predicted octanol–water partition coefficient (Wildman–Crippen LogP) is 6.04. The molecule has 0 amide bonds. The third-order valence-electron chi connectivity index (χ3n) is 3.60. The molecule has 0 fully saturated rings. The molecule has 0 spiro atoms. The highest BCUT2D eigenvalue weighted by Gasteiger charge is 2.13. The van der Waals surface area contributed by atoms with Crippen molar-refractivity contribution in [3.8, 4) is 6.07 Å². The lowest BCUT2D eigenvalue weighted by atomic mass is 9.85. The number of nitrogens with zero attached hydrogens (tertiary/aromatic N) is 1. The molecule has 1 rings (SSSR count). The molecule has 0 saturated heterocycles. The molecule has 0 aliphatic heterocycles. The molecule has 1 aliphatic carbocycles. The smallest absolute Gasteiger partial charge is 0.0914 e. The molecule has 0 unspecified atom stereocenters. The van der Waals surface area contributed by atoms with E-state index in [0.717, 1.165) is 5.57 Å². The predicted molar refractivity (Wildman–Crippen MR) is 91.7 cm³/mol. The quantitative estimate of drug-likeness (QED) is 0.455. The lowest BCUT2D eigenvalue weighted by molar-refractivity contribution is 0.517. The van der Waals surface area contributed by atoms with Crippen molar-refractivity contribution in [3.63, 3.8) is 0 Å². The molecule has 0 radical (unpaired) electrons. The first-order valence-corrected chi connectivity index (χ1v) is 7.76. The second kappa shape index (κ2) is 8.47. The third kappa shape index (κ3) is 6.95. The number of allylic oxidation sites excluding steroid dienone is 10. The van der Waals surface area contributed by atoms with E-state index < -0.39 is 0 Å². The Labute approximate surface area is 130 Å². The van der Waals surface area contributed by atoms with Crippen LogP contribution in [0.4, 0.5) is 0 Å². The van der Waals surface area contributed by atoms with Crippen molar-refractivity contribution >= 4 is 0 Å². The Kier molecular flexibility index (Phi) is 6.96. The van der Waals surface area contributed by atoms with Crippen LogP contribution in [0.1, 0.15) is 53.4 Å². The summed E-state index contributed by atoms with van der Waals surface area (Å²) in [6.07, 6.45) is 19.6. The van der Waals surface area contributed by atoms with Crippen molar-refractivity contribution < 1.29 is 0 Å². The van der Waals surface area contributed by atoms with E-state index in [1.807, 2.05) is 25.1 Å². The van der Waals surface area contributed by atoms with Gasteiger partial charge in [0, 0.05) is 6.08 Å². The van der Waals surface area contributed by atoms with Crippen LogP contribution in [0.2, 0.25) is 0 Å². The summed E-state index contributed by atoms with van der Waals surface area (Å²) in [4.78, 5) is 0. The van der Waals surface area contributed by atoms with Gasteiger partial charge < -0.3 is 0 Å². The van der Waals surface area contributed by atoms with Crippen LogP contribution in [0.5, 0.6) is 0 Å². The molecular formula is C20H27N. The number of hydrogen-bond donors (Lipinski definition) is 0. The molecule has 1 nitrogen and oxygen atoms in total. The molecule has 0 saturated carbocycles. The van der Waals surface area contributed by atoms with Gasteiger partial charge in [0.25, 0.3) is 0 Å². The molecule has 1 aliphatic rings. The fourth-order valence-corrected chi connectivity index (χ4v) is 2.22. The zero-order chi connectivity index (χ0) is 15.7. The molecular weight excluding hydrogens is 254 g/mol. The minimum absolute atomic E-state index is 0.114. The standard InChI is InChI=1S/C20H27N/c1-17(15-16-21)9-8-12-19(20(2,3)4)14-13-18-10-6-5-7-11-18/h8-10,12-15H,5-7,11H2,1-4H3/b9-8+,14-13+,17-15+,19-12-. The van der Waals surface area contributed by atoms with Gasteiger partial charge in [-0.3, -0.25) is 0 Å². The summed E-state index contributed by atoms with van der Waals surface area (Å²) in [5, 5.41) is 8.61. The molecule has 0 heterocycles. The Bertz CT molecular complexity index is 525. The van der Waals surface area contributed by atoms with Crippen molar-refractivity contribution in [2.75, 3.05) is 0 Å². The van der Waals surface area contributed by atoms with Gasteiger partial charge in [0.05, 0.1) is 6.07 Å². The first-order chi connectivity index (χ1) is 9.93. The molecule has 0 N–H and O–H groups in total. The molecule has 0 aromatic heterocycles. The van der Waals surface area contributed by atoms with Crippen molar-refractivity contribution in [2.45, 2.75) is 53.4 Å². The largest absolute Gasteiger partial charge is 0.193 e. The lowest BCUT2D eigenvalue weighted by Crippen LogP contribution is -2.07. The highest BCUT2D eigenvalue weighted by molar-refractivity contribution is 5.35. The van der Waals surface area contributed by atoms with E-state index >= 15 is 0 Å². The average molecular weight is 281 g/mol. The number of hydrogen-bond acceptors (Lipinski definition) is 1. The SMILES string of the molecule is CC(/C=C/C=C(/C=C/C1=CCCCC1)C(C)(C)C)=C\C#N. The average Bonchev–Trinajstić information content (AvgIpc) is 2.42. The van der Waals surface area contributed by atoms with Crippen LogP contribution in [0, 0.1) is 16.7 Å². The van der Waals surface area contributed by atoms with E-state index in [1.165, 1.54) is 36.8 Å². The maximum atomic E-state index is 8.61. The van der Waals surface area contributed by atoms with Crippen LogP contribution in [0.15, 0.2) is 59.3 Å². The van der Waals surface area contributed by atoms with Gasteiger partial charge in [-0.25, -0.2) is 0 Å². The molecule has 1 heteroatoms. The van der Waals surface area contributed by atoms with Crippen molar-refractivity contribution in [2.24, 2.45) is 5.41 Å². The first-order valence-electron chi connectivity index (χ1n) is 7.76. The second-order valence-electron chi connectivity index (χ2n) is 6.61. The van der Waals surface area contributed by atoms with Crippen LogP contribution in [0.3, 0.4) is 0 Å². The zero-order valence-electron chi connectivity index (χ0n) is 13.8. The van der Waals surface area contributed by atoms with E-state index in [-0.39, 0.29) is 5.41 Å². The summed E-state index contributed by atoms with van der Waals surface area (Å²) < 4.78 is 0. The minimum Gasteiger partial charge on any atom is -0.193 e. The van der Waals surface area contributed by atoms with Crippen molar-refractivity contribution in [3.05, 3.63) is 59.3 Å². The van der Waals surface area contributed by atoms with Gasteiger partial charge in [-0.05, 0) is 49.2 Å². The van der Waals surface area contributed by atoms with Gasteiger partial charge in [-0.1, -0.05) is 62.8 Å². The molecule has 0 aromatic carbocycles. The summed E-state index contributed by atoms with van der Waals surface area (Å²) in [7, 11) is 0. The van der Waals surface area contributed by atoms with E-state index in [4.69, 9.17) is 5.26 Å². The van der Waals surface area contributed by atoms with Crippen LogP contribution in [-0.2, 0) is 0 Å². The molecule has 21 heavy (non-hydrogen) atoms. The van der Waals surface area contributed by atoms with Gasteiger partial charge >= 0.3 is 0 Å². The Hall–Kier alpha value is -1.81. The fourth-order valence-electron chi connectivity index (χ4n) is 2.22. The van der Waals surface area contributed by atoms with Gasteiger partial charge in [-0.15, -0.1) is 0 Å². The maximum Gasteiger partial charge on any atom is 0.0914 e. The summed E-state index contributed by atoms with van der Waals surface area (Å²) in [5.74, 6) is 0. The molecule has 0 aromatic rings. The highest BCUT2D eigenvalue weighted by atomic mass is 14.2. The third-order valence-corrected chi connectivity index (χ3v) is 3.60. The Balaban J connectivity index is 2.86. The summed E-state index contributed by atoms with van der Waals surface area (Å²) >= 11 is 0. The van der Waals surface area contributed by atoms with E-state index in [0.29, 0.717) is 0 Å². The van der Waals surface area contributed by atoms with Crippen LogP contribution in [-0.4, -0.2) is 0 Å². The van der Waals surface area contributed by atoms with Gasteiger partial charge in [-0.2, -0.15) is 5.26 Å². The lowest BCUT2D eigenvalue weighted by Gasteiger charge is -2.20. The zero-order valence-corrected chi connectivity index (χ0v) is 13.8. The Morgan fingerprint density at radius 3 is 2.57 bits per heavy atom. The van der Waals surface area contributed by atoms with Crippen LogP contribution in [0.25, 0.3) is 0 Å². The topological polar surface area (TPSA) is 23.8 Å². The maximum absolute atomic E-state index is 8.61. The molecule has 112 valence electrons. The summed E-state index contributed by atoms with van der Waals surface area (Å²) in [5.41, 5.74) is 3.85. The Morgan fingerprint density at radius 2 is 2.00 bits per heavy atom. The van der Waals surface area contributed by atoms with Crippen molar-refractivity contribution in [1.82, 2.24) is 0 Å². The number of rotatable bonds is 4. The highest BCUT2D eigenvalue weighted by Crippen LogP contribution is 2.28. The van der Waals surface area contributed by atoms with Crippen LogP contribution >= 0.6 is 0 Å². The monoisotopic (exact) mass is 281 g/mol. The summed E-state index contributed by atoms with van der Waals surface area (Å²) in [6.45, 7) is 8.62.